The highest BCUT2D eigenvalue weighted by Gasteiger charge is 2.35. The number of nitrogens with zero attached hydrogens (tertiary/aromatic N) is 5. The number of hydrogen-bond acceptors (Lipinski definition) is 4. The molecule has 4 heterocycles. The van der Waals surface area contributed by atoms with Crippen LogP contribution in [0.5, 0.6) is 0 Å². The van der Waals surface area contributed by atoms with E-state index in [-0.39, 0.29) is 11.9 Å². The highest BCUT2D eigenvalue weighted by Crippen LogP contribution is 2.34. The van der Waals surface area contributed by atoms with E-state index in [9.17, 15) is 4.79 Å². The van der Waals surface area contributed by atoms with E-state index in [4.69, 9.17) is 9.72 Å². The maximum atomic E-state index is 13.6. The van der Waals surface area contributed by atoms with Crippen molar-refractivity contribution in [3.63, 3.8) is 0 Å². The van der Waals surface area contributed by atoms with Gasteiger partial charge in [-0.3, -0.25) is 9.78 Å². The van der Waals surface area contributed by atoms with Crippen LogP contribution in [0.2, 0.25) is 0 Å². The molecule has 0 spiro atoms. The van der Waals surface area contributed by atoms with Crippen LogP contribution >= 0.6 is 0 Å². The SMILES string of the molecule is COCCn1c(C)cc(C(=O)N2CCCC2c2ncc(C)n2Cc2ccncc2)c1C. The summed E-state index contributed by atoms with van der Waals surface area (Å²) < 4.78 is 9.63. The molecule has 0 radical (unpaired) electrons. The number of pyridine rings is 1. The number of hydrogen-bond donors (Lipinski definition) is 0. The molecule has 0 bridgehead atoms. The molecular formula is C24H31N5O2. The first kappa shape index (κ1) is 21.3. The van der Waals surface area contributed by atoms with Gasteiger partial charge in [0.2, 0.25) is 0 Å². The molecule has 1 aliphatic heterocycles. The predicted molar refractivity (Wildman–Crippen MR) is 119 cm³/mol. The molecule has 0 saturated carbocycles. The van der Waals surface area contributed by atoms with Crippen LogP contribution in [-0.2, 0) is 17.8 Å². The van der Waals surface area contributed by atoms with Gasteiger partial charge < -0.3 is 18.8 Å². The molecule has 164 valence electrons. The Kier molecular flexibility index (Phi) is 6.23. The summed E-state index contributed by atoms with van der Waals surface area (Å²) in [5.41, 5.74) is 5.15. The maximum Gasteiger partial charge on any atom is 0.256 e. The van der Waals surface area contributed by atoms with Gasteiger partial charge in [0.25, 0.3) is 5.91 Å². The van der Waals surface area contributed by atoms with E-state index < -0.39 is 0 Å². The van der Waals surface area contributed by atoms with Gasteiger partial charge in [-0.1, -0.05) is 0 Å². The first-order valence-corrected chi connectivity index (χ1v) is 10.9. The number of amides is 1. The summed E-state index contributed by atoms with van der Waals surface area (Å²) in [5, 5.41) is 0. The summed E-state index contributed by atoms with van der Waals surface area (Å²) in [4.78, 5) is 24.5. The monoisotopic (exact) mass is 421 g/mol. The van der Waals surface area contributed by atoms with E-state index in [1.54, 1.807) is 7.11 Å². The number of imidazole rings is 1. The fourth-order valence-electron chi connectivity index (χ4n) is 4.60. The van der Waals surface area contributed by atoms with Gasteiger partial charge >= 0.3 is 0 Å². The molecule has 0 aliphatic carbocycles. The number of carbonyl (C=O) groups is 1. The van der Waals surface area contributed by atoms with E-state index in [2.05, 4.69) is 21.0 Å². The second-order valence-corrected chi connectivity index (χ2v) is 8.29. The predicted octanol–water partition coefficient (Wildman–Crippen LogP) is 3.68. The Morgan fingerprint density at radius 3 is 2.68 bits per heavy atom. The van der Waals surface area contributed by atoms with Crippen molar-refractivity contribution in [1.82, 2.24) is 24.0 Å². The molecule has 1 aliphatic rings. The van der Waals surface area contributed by atoms with E-state index in [0.717, 1.165) is 60.9 Å². The van der Waals surface area contributed by atoms with Crippen molar-refractivity contribution in [3.8, 4) is 0 Å². The third-order valence-corrected chi connectivity index (χ3v) is 6.31. The molecule has 1 unspecified atom stereocenters. The lowest BCUT2D eigenvalue weighted by Crippen LogP contribution is -2.32. The summed E-state index contributed by atoms with van der Waals surface area (Å²) in [5.74, 6) is 1.06. The van der Waals surface area contributed by atoms with Crippen LogP contribution in [0.1, 0.15) is 57.7 Å². The molecule has 4 rings (SSSR count). The third-order valence-electron chi connectivity index (χ3n) is 6.31. The number of rotatable bonds is 7. The molecule has 7 heteroatoms. The molecule has 31 heavy (non-hydrogen) atoms. The molecule has 0 aromatic carbocycles. The van der Waals surface area contributed by atoms with Crippen LogP contribution in [0.15, 0.2) is 36.8 Å². The second kappa shape index (κ2) is 9.06. The third kappa shape index (κ3) is 4.14. The molecule has 1 fully saturated rings. The van der Waals surface area contributed by atoms with Gasteiger partial charge in [0, 0.05) is 62.4 Å². The summed E-state index contributed by atoms with van der Waals surface area (Å²) in [6.45, 7) is 9.01. The summed E-state index contributed by atoms with van der Waals surface area (Å²) in [6, 6.07) is 6.05. The first-order valence-electron chi connectivity index (χ1n) is 10.9. The van der Waals surface area contributed by atoms with Gasteiger partial charge in [-0.15, -0.1) is 0 Å². The topological polar surface area (TPSA) is 65.2 Å². The quantitative estimate of drug-likeness (QED) is 0.584. The van der Waals surface area contributed by atoms with E-state index in [0.29, 0.717) is 6.61 Å². The van der Waals surface area contributed by atoms with Gasteiger partial charge in [0.05, 0.1) is 18.2 Å². The Bertz CT molecular complexity index is 1050. The number of aryl methyl sites for hydroxylation is 2. The molecule has 1 saturated heterocycles. The molecule has 3 aromatic heterocycles. The minimum absolute atomic E-state index is 0.00920. The first-order chi connectivity index (χ1) is 15.0. The average molecular weight is 422 g/mol. The second-order valence-electron chi connectivity index (χ2n) is 8.29. The van der Waals surface area contributed by atoms with E-state index >= 15 is 0 Å². The highest BCUT2D eigenvalue weighted by atomic mass is 16.5. The number of carbonyl (C=O) groups excluding carboxylic acids is 1. The van der Waals surface area contributed by atoms with Crippen molar-refractivity contribution in [3.05, 3.63) is 70.8 Å². The number of likely N-dealkylation sites (tertiary alicyclic amines) is 1. The van der Waals surface area contributed by atoms with E-state index in [1.165, 1.54) is 5.56 Å². The lowest BCUT2D eigenvalue weighted by molar-refractivity contribution is 0.0726. The average Bonchev–Trinajstić information content (AvgIpc) is 3.46. The molecule has 3 aromatic rings. The Morgan fingerprint density at radius 2 is 1.94 bits per heavy atom. The molecule has 7 nitrogen and oxygen atoms in total. The van der Waals surface area contributed by atoms with Crippen LogP contribution in [0, 0.1) is 20.8 Å². The zero-order valence-electron chi connectivity index (χ0n) is 18.8. The number of methoxy groups -OCH3 is 1. The zero-order chi connectivity index (χ0) is 22.0. The van der Waals surface area contributed by atoms with Crippen molar-refractivity contribution in [2.24, 2.45) is 0 Å². The lowest BCUT2D eigenvalue weighted by Gasteiger charge is -2.25. The lowest BCUT2D eigenvalue weighted by atomic mass is 10.1. The Balaban J connectivity index is 1.62. The van der Waals surface area contributed by atoms with Crippen molar-refractivity contribution in [1.29, 1.82) is 0 Å². The molecule has 1 amide bonds. The van der Waals surface area contributed by atoms with Crippen LogP contribution in [-0.4, -0.2) is 50.2 Å². The summed E-state index contributed by atoms with van der Waals surface area (Å²) >= 11 is 0. The van der Waals surface area contributed by atoms with Gasteiger partial charge in [-0.05, 0) is 57.4 Å². The van der Waals surface area contributed by atoms with Crippen LogP contribution < -0.4 is 0 Å². The number of aromatic nitrogens is 4. The van der Waals surface area contributed by atoms with Crippen LogP contribution in [0.25, 0.3) is 0 Å². The Morgan fingerprint density at radius 1 is 1.16 bits per heavy atom. The Labute approximate surface area is 183 Å². The van der Waals surface area contributed by atoms with Crippen molar-refractivity contribution in [2.75, 3.05) is 20.3 Å². The standard InChI is InChI=1S/C24H31N5O2/c1-17-14-21(19(3)27(17)12-13-31-4)24(30)28-11-5-6-22(28)23-26-15-18(2)29(23)16-20-7-9-25-10-8-20/h7-10,14-15,22H,5-6,11-13,16H2,1-4H3. The summed E-state index contributed by atoms with van der Waals surface area (Å²) in [6.07, 6.45) is 7.45. The molecular weight excluding hydrogens is 390 g/mol. The maximum absolute atomic E-state index is 13.6. The minimum atomic E-state index is -0.00920. The molecule has 1 atom stereocenters. The van der Waals surface area contributed by atoms with Gasteiger partial charge in [-0.25, -0.2) is 4.98 Å². The van der Waals surface area contributed by atoms with Crippen LogP contribution in [0.3, 0.4) is 0 Å². The van der Waals surface area contributed by atoms with Gasteiger partial charge in [0.15, 0.2) is 0 Å². The fraction of sp³-hybridized carbons (Fsp3) is 0.458. The van der Waals surface area contributed by atoms with Gasteiger partial charge in [-0.2, -0.15) is 0 Å². The van der Waals surface area contributed by atoms with Crippen molar-refractivity contribution < 1.29 is 9.53 Å². The van der Waals surface area contributed by atoms with Crippen molar-refractivity contribution in [2.45, 2.75) is 52.7 Å². The Hall–Kier alpha value is -2.93. The number of ether oxygens (including phenoxy) is 1. The fourth-order valence-corrected chi connectivity index (χ4v) is 4.60. The van der Waals surface area contributed by atoms with Gasteiger partial charge in [0.1, 0.15) is 5.82 Å². The normalized spacial score (nSPS) is 16.3. The zero-order valence-corrected chi connectivity index (χ0v) is 18.8. The largest absolute Gasteiger partial charge is 0.383 e. The van der Waals surface area contributed by atoms with Crippen LogP contribution in [0.4, 0.5) is 0 Å². The minimum Gasteiger partial charge on any atom is -0.383 e. The van der Waals surface area contributed by atoms with E-state index in [1.807, 2.05) is 55.5 Å². The van der Waals surface area contributed by atoms with Crippen molar-refractivity contribution >= 4 is 5.91 Å². The molecule has 0 N–H and O–H groups in total. The highest BCUT2D eigenvalue weighted by molar-refractivity contribution is 5.96. The summed E-state index contributed by atoms with van der Waals surface area (Å²) in [7, 11) is 1.70. The smallest absolute Gasteiger partial charge is 0.256 e.